The summed E-state index contributed by atoms with van der Waals surface area (Å²) in [6.45, 7) is 1.26. The lowest BCUT2D eigenvalue weighted by Gasteiger charge is -2.21. The summed E-state index contributed by atoms with van der Waals surface area (Å²) < 4.78 is 1.76. The van der Waals surface area contributed by atoms with Crippen LogP contribution in [0.5, 0.6) is 0 Å². The molecule has 1 amide bonds. The Balaban J connectivity index is 1.58. The normalized spacial score (nSPS) is 14.0. The first-order valence-electron chi connectivity index (χ1n) is 8.52. The number of rotatable bonds is 3. The SMILES string of the molecule is O=C(c1cnn(Cc2ccccc2Cl)c1)N1CCCSc2ccccc21. The van der Waals surface area contributed by atoms with Gasteiger partial charge in [0.15, 0.2) is 0 Å². The summed E-state index contributed by atoms with van der Waals surface area (Å²) in [5.41, 5.74) is 2.56. The average molecular weight is 384 g/mol. The van der Waals surface area contributed by atoms with Crippen molar-refractivity contribution in [3.63, 3.8) is 0 Å². The summed E-state index contributed by atoms with van der Waals surface area (Å²) in [4.78, 5) is 16.1. The molecule has 0 bridgehead atoms. The minimum atomic E-state index is -0.00893. The highest BCUT2D eigenvalue weighted by atomic mass is 35.5. The van der Waals surface area contributed by atoms with Crippen LogP contribution in [0.25, 0.3) is 0 Å². The van der Waals surface area contributed by atoms with Gasteiger partial charge in [-0.05, 0) is 35.9 Å². The third kappa shape index (κ3) is 3.50. The Bertz CT molecular complexity index is 940. The minimum Gasteiger partial charge on any atom is -0.307 e. The van der Waals surface area contributed by atoms with Crippen molar-refractivity contribution in [3.05, 3.63) is 77.1 Å². The fourth-order valence-corrected chi connectivity index (χ4v) is 4.25. The molecule has 0 radical (unpaired) electrons. The number of thioether (sulfide) groups is 1. The maximum absolute atomic E-state index is 13.1. The van der Waals surface area contributed by atoms with E-state index in [0.717, 1.165) is 34.9 Å². The van der Waals surface area contributed by atoms with Crippen molar-refractivity contribution in [1.82, 2.24) is 9.78 Å². The maximum Gasteiger partial charge on any atom is 0.261 e. The van der Waals surface area contributed by atoms with E-state index in [0.29, 0.717) is 17.1 Å². The molecule has 0 saturated heterocycles. The Hall–Kier alpha value is -2.24. The van der Waals surface area contributed by atoms with Crippen molar-refractivity contribution in [2.24, 2.45) is 0 Å². The van der Waals surface area contributed by atoms with Gasteiger partial charge >= 0.3 is 0 Å². The third-order valence-corrected chi connectivity index (χ3v) is 5.87. The summed E-state index contributed by atoms with van der Waals surface area (Å²) in [7, 11) is 0. The van der Waals surface area contributed by atoms with Crippen LogP contribution in [-0.2, 0) is 6.54 Å². The summed E-state index contributed by atoms with van der Waals surface area (Å²) in [5.74, 6) is 1.01. The lowest BCUT2D eigenvalue weighted by molar-refractivity contribution is 0.0986. The van der Waals surface area contributed by atoms with Crippen molar-refractivity contribution in [2.45, 2.75) is 17.9 Å². The van der Waals surface area contributed by atoms with E-state index >= 15 is 0 Å². The zero-order valence-electron chi connectivity index (χ0n) is 14.1. The molecular weight excluding hydrogens is 366 g/mol. The molecule has 2 heterocycles. The first-order chi connectivity index (χ1) is 12.7. The van der Waals surface area contributed by atoms with Gasteiger partial charge in [-0.3, -0.25) is 9.48 Å². The molecule has 132 valence electrons. The van der Waals surface area contributed by atoms with Gasteiger partial charge in [0.2, 0.25) is 0 Å². The molecule has 1 aromatic heterocycles. The Labute approximate surface area is 161 Å². The molecule has 0 N–H and O–H groups in total. The Morgan fingerprint density at radius 1 is 1.15 bits per heavy atom. The van der Waals surface area contributed by atoms with Gasteiger partial charge in [0.05, 0.1) is 24.0 Å². The molecule has 0 atom stereocenters. The lowest BCUT2D eigenvalue weighted by atomic mass is 10.2. The Morgan fingerprint density at radius 3 is 2.85 bits per heavy atom. The maximum atomic E-state index is 13.1. The van der Waals surface area contributed by atoms with E-state index in [1.54, 1.807) is 28.8 Å². The number of hydrogen-bond donors (Lipinski definition) is 0. The number of para-hydroxylation sites is 1. The van der Waals surface area contributed by atoms with Crippen LogP contribution in [0, 0.1) is 0 Å². The number of carbonyl (C=O) groups is 1. The predicted octanol–water partition coefficient (Wildman–Crippen LogP) is 4.73. The van der Waals surface area contributed by atoms with E-state index < -0.39 is 0 Å². The van der Waals surface area contributed by atoms with E-state index in [9.17, 15) is 4.79 Å². The summed E-state index contributed by atoms with van der Waals surface area (Å²) in [5, 5.41) is 5.06. The smallest absolute Gasteiger partial charge is 0.261 e. The number of benzene rings is 2. The highest BCUT2D eigenvalue weighted by Gasteiger charge is 2.23. The summed E-state index contributed by atoms with van der Waals surface area (Å²) in [6, 6.07) is 15.8. The van der Waals surface area contributed by atoms with E-state index in [4.69, 9.17) is 11.6 Å². The van der Waals surface area contributed by atoms with Crippen LogP contribution in [0.2, 0.25) is 5.02 Å². The molecule has 26 heavy (non-hydrogen) atoms. The zero-order valence-corrected chi connectivity index (χ0v) is 15.7. The van der Waals surface area contributed by atoms with Crippen LogP contribution >= 0.6 is 23.4 Å². The van der Waals surface area contributed by atoms with Gasteiger partial charge < -0.3 is 4.90 Å². The van der Waals surface area contributed by atoms with Crippen molar-refractivity contribution < 1.29 is 4.79 Å². The van der Waals surface area contributed by atoms with Gasteiger partial charge in [-0.2, -0.15) is 5.10 Å². The standard InChI is InChI=1S/C20H18ClN3OS/c21-17-7-2-1-6-15(17)13-23-14-16(12-22-23)20(25)24-10-5-11-26-19-9-4-3-8-18(19)24/h1-4,6-9,12,14H,5,10-11,13H2. The van der Waals surface area contributed by atoms with E-state index in [1.807, 2.05) is 47.4 Å². The van der Waals surface area contributed by atoms with E-state index in [2.05, 4.69) is 11.2 Å². The predicted molar refractivity (Wildman–Crippen MR) is 106 cm³/mol. The number of amides is 1. The number of nitrogens with zero attached hydrogens (tertiary/aromatic N) is 3. The number of carbonyl (C=O) groups excluding carboxylic acids is 1. The van der Waals surface area contributed by atoms with Crippen molar-refractivity contribution in [2.75, 3.05) is 17.2 Å². The van der Waals surface area contributed by atoms with E-state index in [-0.39, 0.29) is 5.91 Å². The van der Waals surface area contributed by atoms with Crippen LogP contribution in [0.1, 0.15) is 22.3 Å². The summed E-state index contributed by atoms with van der Waals surface area (Å²) >= 11 is 8.03. The molecule has 6 heteroatoms. The quantitative estimate of drug-likeness (QED) is 0.656. The van der Waals surface area contributed by atoms with Gasteiger partial charge in [0, 0.05) is 22.7 Å². The van der Waals surface area contributed by atoms with Crippen molar-refractivity contribution >= 4 is 35.0 Å². The zero-order chi connectivity index (χ0) is 17.9. The highest BCUT2D eigenvalue weighted by molar-refractivity contribution is 7.99. The van der Waals surface area contributed by atoms with Gasteiger partial charge in [0.25, 0.3) is 5.91 Å². The fraction of sp³-hybridized carbons (Fsp3) is 0.200. The molecular formula is C20H18ClN3OS. The molecule has 0 unspecified atom stereocenters. The van der Waals surface area contributed by atoms with Crippen LogP contribution in [0.4, 0.5) is 5.69 Å². The Kier molecular flexibility index (Phi) is 5.00. The van der Waals surface area contributed by atoms with Gasteiger partial charge in [-0.1, -0.05) is 41.9 Å². The van der Waals surface area contributed by atoms with Crippen LogP contribution in [0.15, 0.2) is 65.8 Å². The van der Waals surface area contributed by atoms with Gasteiger partial charge in [-0.15, -0.1) is 11.8 Å². The number of aromatic nitrogens is 2. The molecule has 0 aliphatic carbocycles. The van der Waals surface area contributed by atoms with Crippen LogP contribution in [0.3, 0.4) is 0 Å². The topological polar surface area (TPSA) is 38.1 Å². The molecule has 2 aromatic carbocycles. The molecule has 0 fully saturated rings. The monoisotopic (exact) mass is 383 g/mol. The largest absolute Gasteiger partial charge is 0.307 e. The lowest BCUT2D eigenvalue weighted by Crippen LogP contribution is -2.31. The first kappa shape index (κ1) is 17.2. The molecule has 3 aromatic rings. The minimum absolute atomic E-state index is 0.00893. The average Bonchev–Trinajstić information content (AvgIpc) is 3.01. The molecule has 0 saturated carbocycles. The number of halogens is 1. The second kappa shape index (κ2) is 7.56. The van der Waals surface area contributed by atoms with Crippen molar-refractivity contribution in [3.8, 4) is 0 Å². The molecule has 4 rings (SSSR count). The molecule has 4 nitrogen and oxygen atoms in total. The first-order valence-corrected chi connectivity index (χ1v) is 9.88. The molecule has 0 spiro atoms. The fourth-order valence-electron chi connectivity index (χ4n) is 3.06. The van der Waals surface area contributed by atoms with Crippen LogP contribution < -0.4 is 4.90 Å². The highest BCUT2D eigenvalue weighted by Crippen LogP contribution is 2.34. The summed E-state index contributed by atoms with van der Waals surface area (Å²) in [6.07, 6.45) is 4.41. The van der Waals surface area contributed by atoms with Gasteiger partial charge in [-0.25, -0.2) is 0 Å². The number of anilines is 1. The van der Waals surface area contributed by atoms with Gasteiger partial charge in [0.1, 0.15) is 0 Å². The molecule has 1 aliphatic rings. The Morgan fingerprint density at radius 2 is 1.96 bits per heavy atom. The van der Waals surface area contributed by atoms with Crippen LogP contribution in [-0.4, -0.2) is 28.0 Å². The second-order valence-electron chi connectivity index (χ2n) is 6.14. The molecule has 1 aliphatic heterocycles. The second-order valence-corrected chi connectivity index (χ2v) is 7.69. The van der Waals surface area contributed by atoms with Crippen molar-refractivity contribution in [1.29, 1.82) is 0 Å². The third-order valence-electron chi connectivity index (χ3n) is 4.36. The number of fused-ring (bicyclic) bond motifs is 1. The number of hydrogen-bond acceptors (Lipinski definition) is 3. The van der Waals surface area contributed by atoms with E-state index in [1.165, 1.54) is 0 Å².